The Balaban J connectivity index is 2.30. The molecule has 0 spiro atoms. The lowest BCUT2D eigenvalue weighted by Crippen LogP contribution is -2.39. The van der Waals surface area contributed by atoms with Crippen molar-refractivity contribution in [1.82, 2.24) is 5.32 Å². The van der Waals surface area contributed by atoms with Crippen molar-refractivity contribution in [3.8, 4) is 0 Å². The molecule has 2 atom stereocenters. The summed E-state index contributed by atoms with van der Waals surface area (Å²) in [7, 11) is 0. The van der Waals surface area contributed by atoms with Crippen molar-refractivity contribution in [3.63, 3.8) is 0 Å². The molecule has 0 aliphatic heterocycles. The predicted molar refractivity (Wildman–Crippen MR) is 71.2 cm³/mol. The first-order valence-electron chi connectivity index (χ1n) is 6.04. The quantitative estimate of drug-likeness (QED) is 0.872. The SMILES string of the molecule is Cc1c(C(C)NC(=O)[C@@H](C)N)oc2ccccc12. The zero-order valence-electron chi connectivity index (χ0n) is 10.9. The number of para-hydroxylation sites is 1. The van der Waals surface area contributed by atoms with Gasteiger partial charge in [0.1, 0.15) is 11.3 Å². The maximum absolute atomic E-state index is 11.6. The van der Waals surface area contributed by atoms with Crippen LogP contribution in [-0.4, -0.2) is 11.9 Å². The van der Waals surface area contributed by atoms with E-state index < -0.39 is 6.04 Å². The number of carbonyl (C=O) groups excluding carboxylic acids is 1. The van der Waals surface area contributed by atoms with Gasteiger partial charge < -0.3 is 15.5 Å². The Bertz CT molecular complexity index is 572. The highest BCUT2D eigenvalue weighted by molar-refractivity contribution is 5.83. The van der Waals surface area contributed by atoms with Crippen molar-refractivity contribution in [3.05, 3.63) is 35.6 Å². The lowest BCUT2D eigenvalue weighted by molar-refractivity contribution is -0.122. The number of rotatable bonds is 3. The Labute approximate surface area is 106 Å². The van der Waals surface area contributed by atoms with Crippen molar-refractivity contribution in [2.45, 2.75) is 32.9 Å². The van der Waals surface area contributed by atoms with Crippen LogP contribution < -0.4 is 11.1 Å². The smallest absolute Gasteiger partial charge is 0.237 e. The molecule has 0 saturated heterocycles. The first kappa shape index (κ1) is 12.6. The van der Waals surface area contributed by atoms with Gasteiger partial charge in [0.25, 0.3) is 0 Å². The molecule has 2 rings (SSSR count). The zero-order valence-corrected chi connectivity index (χ0v) is 10.9. The monoisotopic (exact) mass is 246 g/mol. The second-order valence-corrected chi connectivity index (χ2v) is 4.61. The molecule has 0 aliphatic carbocycles. The summed E-state index contributed by atoms with van der Waals surface area (Å²) in [6.45, 7) is 5.55. The minimum absolute atomic E-state index is 0.178. The van der Waals surface area contributed by atoms with Crippen LogP contribution in [0.2, 0.25) is 0 Å². The Morgan fingerprint density at radius 3 is 2.61 bits per heavy atom. The summed E-state index contributed by atoms with van der Waals surface area (Å²) in [5.74, 6) is 0.604. The van der Waals surface area contributed by atoms with Crippen LogP contribution in [0, 0.1) is 6.92 Å². The number of hydrogen-bond donors (Lipinski definition) is 2. The van der Waals surface area contributed by atoms with Crippen molar-refractivity contribution in [1.29, 1.82) is 0 Å². The van der Waals surface area contributed by atoms with Crippen LogP contribution >= 0.6 is 0 Å². The molecule has 0 saturated carbocycles. The summed E-state index contributed by atoms with van der Waals surface area (Å²) in [6.07, 6.45) is 0. The van der Waals surface area contributed by atoms with E-state index in [0.717, 1.165) is 22.3 Å². The van der Waals surface area contributed by atoms with Crippen LogP contribution in [-0.2, 0) is 4.79 Å². The summed E-state index contributed by atoms with van der Waals surface area (Å²) in [6, 6.07) is 7.14. The second kappa shape index (κ2) is 4.82. The number of nitrogens with two attached hydrogens (primary N) is 1. The summed E-state index contributed by atoms with van der Waals surface area (Å²) >= 11 is 0. The predicted octanol–water partition coefficient (Wildman–Crippen LogP) is 2.27. The average molecular weight is 246 g/mol. The molecule has 18 heavy (non-hydrogen) atoms. The molecule has 0 aliphatic rings. The fourth-order valence-corrected chi connectivity index (χ4v) is 2.02. The number of carbonyl (C=O) groups is 1. The van der Waals surface area contributed by atoms with Crippen molar-refractivity contribution < 1.29 is 9.21 Å². The molecule has 96 valence electrons. The lowest BCUT2D eigenvalue weighted by Gasteiger charge is -2.14. The number of amides is 1. The normalized spacial score (nSPS) is 14.4. The summed E-state index contributed by atoms with van der Waals surface area (Å²) in [4.78, 5) is 11.6. The topological polar surface area (TPSA) is 68.3 Å². The number of nitrogens with one attached hydrogen (secondary N) is 1. The van der Waals surface area contributed by atoms with Gasteiger partial charge in [-0.2, -0.15) is 0 Å². The van der Waals surface area contributed by atoms with E-state index in [2.05, 4.69) is 5.32 Å². The molecule has 1 unspecified atom stereocenters. The molecule has 1 aromatic carbocycles. The second-order valence-electron chi connectivity index (χ2n) is 4.61. The van der Waals surface area contributed by atoms with Crippen molar-refractivity contribution in [2.24, 2.45) is 5.73 Å². The minimum atomic E-state index is -0.517. The molecule has 0 bridgehead atoms. The highest BCUT2D eigenvalue weighted by atomic mass is 16.3. The van der Waals surface area contributed by atoms with Gasteiger partial charge in [-0.05, 0) is 26.8 Å². The van der Waals surface area contributed by atoms with Gasteiger partial charge in [0.2, 0.25) is 5.91 Å². The van der Waals surface area contributed by atoms with Crippen LogP contribution in [0.1, 0.15) is 31.2 Å². The maximum Gasteiger partial charge on any atom is 0.237 e. The first-order chi connectivity index (χ1) is 8.50. The maximum atomic E-state index is 11.6. The molecule has 3 N–H and O–H groups in total. The fraction of sp³-hybridized carbons (Fsp3) is 0.357. The largest absolute Gasteiger partial charge is 0.459 e. The standard InChI is InChI=1S/C14H18N2O2/c1-8-11-6-4-5-7-12(11)18-13(8)10(3)16-14(17)9(2)15/h4-7,9-10H,15H2,1-3H3,(H,16,17)/t9-,10?/m1/s1. The minimum Gasteiger partial charge on any atom is -0.459 e. The molecule has 1 heterocycles. The molecule has 0 fully saturated rings. The third kappa shape index (κ3) is 2.24. The Morgan fingerprint density at radius 2 is 2.00 bits per heavy atom. The van der Waals surface area contributed by atoms with Gasteiger partial charge in [0.05, 0.1) is 12.1 Å². The Morgan fingerprint density at radius 1 is 1.33 bits per heavy atom. The van der Waals surface area contributed by atoms with Crippen LogP contribution in [0.3, 0.4) is 0 Å². The van der Waals surface area contributed by atoms with Crippen molar-refractivity contribution >= 4 is 16.9 Å². The summed E-state index contributed by atoms with van der Waals surface area (Å²) < 4.78 is 5.79. The molecular formula is C14H18N2O2. The molecular weight excluding hydrogens is 228 g/mol. The van der Waals surface area contributed by atoms with Crippen molar-refractivity contribution in [2.75, 3.05) is 0 Å². The highest BCUT2D eigenvalue weighted by Crippen LogP contribution is 2.28. The zero-order chi connectivity index (χ0) is 13.3. The molecule has 4 nitrogen and oxygen atoms in total. The van der Waals surface area contributed by atoms with E-state index in [4.69, 9.17) is 10.2 Å². The number of furan rings is 1. The number of fused-ring (bicyclic) bond motifs is 1. The Kier molecular flexibility index (Phi) is 3.39. The first-order valence-corrected chi connectivity index (χ1v) is 6.04. The van der Waals surface area contributed by atoms with Gasteiger partial charge in [-0.3, -0.25) is 4.79 Å². The van der Waals surface area contributed by atoms with E-state index in [9.17, 15) is 4.79 Å². The van der Waals surface area contributed by atoms with Gasteiger partial charge in [-0.1, -0.05) is 18.2 Å². The van der Waals surface area contributed by atoms with E-state index in [1.807, 2.05) is 38.1 Å². The van der Waals surface area contributed by atoms with Crippen LogP contribution in [0.5, 0.6) is 0 Å². The van der Waals surface area contributed by atoms with Gasteiger partial charge in [-0.15, -0.1) is 0 Å². The van der Waals surface area contributed by atoms with E-state index in [1.165, 1.54) is 0 Å². The molecule has 1 amide bonds. The van der Waals surface area contributed by atoms with Crippen LogP contribution in [0.15, 0.2) is 28.7 Å². The average Bonchev–Trinajstić information content (AvgIpc) is 2.67. The van der Waals surface area contributed by atoms with Crippen LogP contribution in [0.4, 0.5) is 0 Å². The Hall–Kier alpha value is -1.81. The van der Waals surface area contributed by atoms with E-state index in [-0.39, 0.29) is 11.9 Å². The third-order valence-corrected chi connectivity index (χ3v) is 3.05. The number of hydrogen-bond acceptors (Lipinski definition) is 3. The van der Waals surface area contributed by atoms with Crippen LogP contribution in [0.25, 0.3) is 11.0 Å². The van der Waals surface area contributed by atoms with Gasteiger partial charge in [-0.25, -0.2) is 0 Å². The third-order valence-electron chi connectivity index (χ3n) is 3.05. The van der Waals surface area contributed by atoms with E-state index in [1.54, 1.807) is 6.92 Å². The fourth-order valence-electron chi connectivity index (χ4n) is 2.02. The molecule has 2 aromatic rings. The van der Waals surface area contributed by atoms with Gasteiger partial charge >= 0.3 is 0 Å². The lowest BCUT2D eigenvalue weighted by atomic mass is 10.1. The van der Waals surface area contributed by atoms with Gasteiger partial charge in [0.15, 0.2) is 0 Å². The molecule has 0 radical (unpaired) electrons. The summed E-state index contributed by atoms with van der Waals surface area (Å²) in [5, 5.41) is 3.92. The number of benzene rings is 1. The molecule has 4 heteroatoms. The van der Waals surface area contributed by atoms with E-state index in [0.29, 0.717) is 0 Å². The van der Waals surface area contributed by atoms with E-state index >= 15 is 0 Å². The molecule has 1 aromatic heterocycles. The highest BCUT2D eigenvalue weighted by Gasteiger charge is 2.19. The van der Waals surface area contributed by atoms with Gasteiger partial charge in [0, 0.05) is 10.9 Å². The summed E-state index contributed by atoms with van der Waals surface area (Å²) in [5.41, 5.74) is 7.43. The number of aryl methyl sites for hydroxylation is 1.